The summed E-state index contributed by atoms with van der Waals surface area (Å²) in [5.74, 6) is 0.781. The van der Waals surface area contributed by atoms with Crippen molar-refractivity contribution in [2.45, 2.75) is 18.6 Å². The van der Waals surface area contributed by atoms with Gasteiger partial charge in [0.2, 0.25) is 5.96 Å². The molecule has 0 unspecified atom stereocenters. The van der Waals surface area contributed by atoms with E-state index in [0.29, 0.717) is 32.1 Å². The molecule has 0 N–H and O–H groups in total. The highest BCUT2D eigenvalue weighted by Crippen LogP contribution is 2.38. The predicted molar refractivity (Wildman–Crippen MR) is 67.6 cm³/mol. The van der Waals surface area contributed by atoms with Crippen LogP contribution in [0, 0.1) is 0 Å². The molecule has 0 bridgehead atoms. The molecule has 0 spiro atoms. The summed E-state index contributed by atoms with van der Waals surface area (Å²) in [6.07, 6.45) is -1.03. The molecule has 5 nitrogen and oxygen atoms in total. The molecule has 3 aliphatic rings. The minimum atomic E-state index is -4.38. The number of amidine groups is 1. The third-order valence-electron chi connectivity index (χ3n) is 3.65. The van der Waals surface area contributed by atoms with Crippen LogP contribution < -0.4 is 0 Å². The van der Waals surface area contributed by atoms with E-state index in [2.05, 4.69) is 9.98 Å². The van der Waals surface area contributed by atoms with Gasteiger partial charge in [-0.15, -0.1) is 0 Å². The van der Waals surface area contributed by atoms with Crippen LogP contribution in [-0.4, -0.2) is 66.2 Å². The number of alkyl halides is 3. The first-order valence-corrected chi connectivity index (χ1v) is 6.42. The highest BCUT2D eigenvalue weighted by molar-refractivity contribution is 6.05. The number of aliphatic imine (C=N–C) groups is 2. The fraction of sp³-hybridized carbons (Fsp3) is 0.667. The van der Waals surface area contributed by atoms with Gasteiger partial charge < -0.3 is 14.5 Å². The molecule has 0 aromatic heterocycles. The van der Waals surface area contributed by atoms with Gasteiger partial charge in [0.25, 0.3) is 0 Å². The Morgan fingerprint density at radius 1 is 1.30 bits per heavy atom. The zero-order valence-electron chi connectivity index (χ0n) is 11.0. The molecular formula is C12H15F3N4O. The van der Waals surface area contributed by atoms with Crippen molar-refractivity contribution < 1.29 is 17.9 Å². The van der Waals surface area contributed by atoms with Crippen molar-refractivity contribution in [1.82, 2.24) is 9.80 Å². The second-order valence-electron chi connectivity index (χ2n) is 5.20. The Bertz CT molecular complexity index is 493. The van der Waals surface area contributed by atoms with Crippen molar-refractivity contribution in [2.24, 2.45) is 9.98 Å². The van der Waals surface area contributed by atoms with Gasteiger partial charge in [0, 0.05) is 19.3 Å². The van der Waals surface area contributed by atoms with Crippen molar-refractivity contribution in [2.75, 3.05) is 32.8 Å². The van der Waals surface area contributed by atoms with Crippen LogP contribution in [-0.2, 0) is 4.74 Å². The normalized spacial score (nSPS) is 30.2. The van der Waals surface area contributed by atoms with Gasteiger partial charge in [-0.3, -0.25) is 0 Å². The summed E-state index contributed by atoms with van der Waals surface area (Å²) in [6, 6.07) is 0. The van der Waals surface area contributed by atoms with E-state index < -0.39 is 11.7 Å². The van der Waals surface area contributed by atoms with Crippen LogP contribution in [0.25, 0.3) is 0 Å². The summed E-state index contributed by atoms with van der Waals surface area (Å²) in [5.41, 5.74) is -2.09. The largest absolute Gasteiger partial charge is 0.415 e. The van der Waals surface area contributed by atoms with Crippen LogP contribution in [0.15, 0.2) is 22.3 Å². The van der Waals surface area contributed by atoms with E-state index in [1.807, 2.05) is 4.90 Å². The lowest BCUT2D eigenvalue weighted by Gasteiger charge is -2.30. The van der Waals surface area contributed by atoms with Gasteiger partial charge in [-0.05, 0) is 13.0 Å². The first-order chi connectivity index (χ1) is 9.39. The quantitative estimate of drug-likeness (QED) is 0.673. The Kier molecular flexibility index (Phi) is 3.00. The number of halogens is 3. The Balaban J connectivity index is 1.84. The number of ether oxygens (including phenoxy) is 1. The smallest absolute Gasteiger partial charge is 0.378 e. The molecule has 8 heteroatoms. The Hall–Kier alpha value is -1.57. The highest BCUT2D eigenvalue weighted by Gasteiger charge is 2.56. The van der Waals surface area contributed by atoms with E-state index in [-0.39, 0.29) is 12.5 Å². The molecule has 0 radical (unpaired) electrons. The molecule has 0 amide bonds. The topological polar surface area (TPSA) is 40.4 Å². The van der Waals surface area contributed by atoms with Crippen LogP contribution in [0.5, 0.6) is 0 Å². The number of fused-ring (bicyclic) bond motifs is 1. The lowest BCUT2D eigenvalue weighted by Crippen LogP contribution is -2.45. The third kappa shape index (κ3) is 2.17. The zero-order valence-corrected chi connectivity index (χ0v) is 11.0. The molecule has 0 aliphatic carbocycles. The average molecular weight is 288 g/mol. The SMILES string of the molecule is C[C@@]1(C(F)(F)F)CN2C=CC(N3CCOCC3)=NC2=N1. The molecular weight excluding hydrogens is 273 g/mol. The van der Waals surface area contributed by atoms with E-state index in [9.17, 15) is 13.2 Å². The van der Waals surface area contributed by atoms with Crippen LogP contribution in [0.2, 0.25) is 0 Å². The lowest BCUT2D eigenvalue weighted by atomic mass is 10.0. The van der Waals surface area contributed by atoms with Gasteiger partial charge in [-0.25, -0.2) is 4.99 Å². The molecule has 3 heterocycles. The Morgan fingerprint density at radius 3 is 2.65 bits per heavy atom. The van der Waals surface area contributed by atoms with Gasteiger partial charge >= 0.3 is 6.18 Å². The number of rotatable bonds is 0. The van der Waals surface area contributed by atoms with E-state index in [4.69, 9.17) is 4.74 Å². The minimum absolute atomic E-state index is 0.133. The molecule has 110 valence electrons. The van der Waals surface area contributed by atoms with Crippen molar-refractivity contribution >= 4 is 11.8 Å². The van der Waals surface area contributed by atoms with E-state index in [0.717, 1.165) is 6.92 Å². The van der Waals surface area contributed by atoms with Crippen molar-refractivity contribution in [3.8, 4) is 0 Å². The number of hydrogen-bond donors (Lipinski definition) is 0. The van der Waals surface area contributed by atoms with Gasteiger partial charge in [0.05, 0.1) is 19.8 Å². The maximum absolute atomic E-state index is 13.0. The predicted octanol–water partition coefficient (Wildman–Crippen LogP) is 1.24. The maximum atomic E-state index is 13.0. The fourth-order valence-corrected chi connectivity index (χ4v) is 2.35. The number of morpholine rings is 1. The molecule has 0 aromatic carbocycles. The van der Waals surface area contributed by atoms with E-state index in [1.165, 1.54) is 4.90 Å². The minimum Gasteiger partial charge on any atom is -0.378 e. The van der Waals surface area contributed by atoms with E-state index >= 15 is 0 Å². The van der Waals surface area contributed by atoms with Crippen molar-refractivity contribution in [1.29, 1.82) is 0 Å². The molecule has 1 fully saturated rings. The Morgan fingerprint density at radius 2 is 2.00 bits per heavy atom. The second kappa shape index (κ2) is 4.47. The molecule has 0 saturated carbocycles. The first kappa shape index (κ1) is 13.4. The zero-order chi connectivity index (χ0) is 14.4. The van der Waals surface area contributed by atoms with Gasteiger partial charge in [0.1, 0.15) is 5.84 Å². The van der Waals surface area contributed by atoms with Crippen LogP contribution in [0.1, 0.15) is 6.92 Å². The van der Waals surface area contributed by atoms with E-state index in [1.54, 1.807) is 12.3 Å². The molecule has 20 heavy (non-hydrogen) atoms. The van der Waals surface area contributed by atoms with Gasteiger partial charge in [-0.1, -0.05) is 0 Å². The van der Waals surface area contributed by atoms with Gasteiger partial charge in [-0.2, -0.15) is 18.2 Å². The lowest BCUT2D eigenvalue weighted by molar-refractivity contribution is -0.177. The third-order valence-corrected chi connectivity index (χ3v) is 3.65. The molecule has 3 aliphatic heterocycles. The summed E-state index contributed by atoms with van der Waals surface area (Å²) >= 11 is 0. The fourth-order valence-electron chi connectivity index (χ4n) is 2.35. The second-order valence-corrected chi connectivity index (χ2v) is 5.20. The van der Waals surface area contributed by atoms with Crippen LogP contribution in [0.4, 0.5) is 13.2 Å². The Labute approximate surface area is 114 Å². The summed E-state index contributed by atoms with van der Waals surface area (Å²) in [6.45, 7) is 3.45. The monoisotopic (exact) mass is 288 g/mol. The van der Waals surface area contributed by atoms with Crippen LogP contribution in [0.3, 0.4) is 0 Å². The highest BCUT2D eigenvalue weighted by atomic mass is 19.4. The summed E-state index contributed by atoms with van der Waals surface area (Å²) in [4.78, 5) is 11.5. The van der Waals surface area contributed by atoms with Crippen LogP contribution >= 0.6 is 0 Å². The molecule has 1 atom stereocenters. The first-order valence-electron chi connectivity index (χ1n) is 6.42. The van der Waals surface area contributed by atoms with Crippen molar-refractivity contribution in [3.05, 3.63) is 12.3 Å². The molecule has 1 saturated heterocycles. The number of hydrogen-bond acceptors (Lipinski definition) is 5. The number of guanidine groups is 1. The summed E-state index contributed by atoms with van der Waals surface area (Å²) < 4.78 is 44.3. The summed E-state index contributed by atoms with van der Waals surface area (Å²) in [7, 11) is 0. The molecule has 3 rings (SSSR count). The maximum Gasteiger partial charge on any atom is 0.415 e. The van der Waals surface area contributed by atoms with Gasteiger partial charge in [0.15, 0.2) is 5.54 Å². The standard InChI is InChI=1S/C12H15F3N4O/c1-11(12(13,14)15)8-19-3-2-9(16-10(19)17-11)18-4-6-20-7-5-18/h2-3H,4-8H2,1H3/t11-/m0/s1. The summed E-state index contributed by atoms with van der Waals surface area (Å²) in [5, 5.41) is 0. The van der Waals surface area contributed by atoms with Crippen molar-refractivity contribution in [3.63, 3.8) is 0 Å². The average Bonchev–Trinajstić information content (AvgIpc) is 2.76. The molecule has 0 aromatic rings. The number of nitrogens with zero attached hydrogens (tertiary/aromatic N) is 4.